The van der Waals surface area contributed by atoms with Gasteiger partial charge in [0.05, 0.1) is 0 Å². The number of hydrogen-bond donors (Lipinski definition) is 4. The number of carboxylic acid groups (broad SMARTS) is 2. The predicted molar refractivity (Wildman–Crippen MR) is 48.6 cm³/mol. The molecule has 15 heavy (non-hydrogen) atoms. The Morgan fingerprint density at radius 3 is 1.40 bits per heavy atom. The quantitative estimate of drug-likeness (QED) is 0.326. The summed E-state index contributed by atoms with van der Waals surface area (Å²) in [5, 5.41) is 36.1. The van der Waals surface area contributed by atoms with Crippen molar-refractivity contribution in [3.8, 4) is 0 Å². The highest BCUT2D eigenvalue weighted by molar-refractivity contribution is 5.70. The fourth-order valence-corrected chi connectivity index (χ4v) is 1.40. The minimum absolute atomic E-state index is 0.651. The van der Waals surface area contributed by atoms with Crippen LogP contribution in [0.25, 0.3) is 0 Å². The molecule has 0 saturated carbocycles. The van der Waals surface area contributed by atoms with Gasteiger partial charge in [0.1, 0.15) is 0 Å². The molecule has 0 radical (unpaired) electrons. The van der Waals surface area contributed by atoms with E-state index in [1.54, 1.807) is 0 Å². The van der Waals surface area contributed by atoms with E-state index in [-0.39, 0.29) is 0 Å². The summed E-state index contributed by atoms with van der Waals surface area (Å²) in [6.07, 6.45) is -2.56. The number of carboxylic acids is 2. The van der Waals surface area contributed by atoms with Crippen LogP contribution >= 0.6 is 0 Å². The Morgan fingerprint density at radius 2 is 1.27 bits per heavy atom. The van der Waals surface area contributed by atoms with Crippen molar-refractivity contribution in [1.82, 2.24) is 0 Å². The van der Waals surface area contributed by atoms with Gasteiger partial charge in [0.25, 0.3) is 0 Å². The molecule has 2 unspecified atom stereocenters. The zero-order valence-electron chi connectivity index (χ0n) is 8.62. The lowest BCUT2D eigenvalue weighted by atomic mass is 10.2. The van der Waals surface area contributed by atoms with Gasteiger partial charge in [-0.15, -0.1) is 0 Å². The lowest BCUT2D eigenvalue weighted by Crippen LogP contribution is -2.63. The number of quaternary nitrogens is 1. The first-order valence-electron chi connectivity index (χ1n) is 4.38. The summed E-state index contributed by atoms with van der Waals surface area (Å²) in [4.78, 5) is 21.1. The number of hydrogen-bond acceptors (Lipinski definition) is 4. The Balaban J connectivity index is 5.07. The van der Waals surface area contributed by atoms with Crippen molar-refractivity contribution in [1.29, 1.82) is 0 Å². The van der Waals surface area contributed by atoms with Crippen LogP contribution in [-0.4, -0.2) is 62.4 Å². The van der Waals surface area contributed by atoms with Crippen LogP contribution in [0.4, 0.5) is 0 Å². The van der Waals surface area contributed by atoms with Gasteiger partial charge in [-0.1, -0.05) is 0 Å². The highest BCUT2D eigenvalue weighted by Gasteiger charge is 2.42. The number of carbonyl (C=O) groups is 2. The van der Waals surface area contributed by atoms with Gasteiger partial charge < -0.3 is 20.4 Å². The third-order valence-corrected chi connectivity index (χ3v) is 2.35. The van der Waals surface area contributed by atoms with Gasteiger partial charge in [-0.05, 0) is 0 Å². The summed E-state index contributed by atoms with van der Waals surface area (Å²) < 4.78 is -0.815. The van der Waals surface area contributed by atoms with Gasteiger partial charge in [-0.3, -0.25) is 4.48 Å². The molecule has 0 aromatic rings. The Morgan fingerprint density at radius 1 is 1.00 bits per heavy atom. The maximum atomic E-state index is 10.6. The van der Waals surface area contributed by atoms with Crippen molar-refractivity contribution in [3.05, 3.63) is 0 Å². The van der Waals surface area contributed by atoms with Crippen LogP contribution in [-0.2, 0) is 9.59 Å². The summed E-state index contributed by atoms with van der Waals surface area (Å²) in [6.45, 7) is 1.19. The lowest BCUT2D eigenvalue weighted by Gasteiger charge is -2.40. The molecule has 0 aliphatic carbocycles. The van der Waals surface area contributed by atoms with E-state index in [1.165, 1.54) is 13.8 Å². The first kappa shape index (κ1) is 13.8. The van der Waals surface area contributed by atoms with E-state index in [1.807, 2.05) is 0 Å². The normalized spacial score (nSPS) is 15.7. The molecule has 0 fully saturated rings. The van der Waals surface area contributed by atoms with Crippen LogP contribution in [0.2, 0.25) is 0 Å². The summed E-state index contributed by atoms with van der Waals surface area (Å²) in [5.41, 5.74) is 0. The predicted octanol–water partition coefficient (Wildman–Crippen LogP) is -1.35. The van der Waals surface area contributed by atoms with Crippen molar-refractivity contribution in [3.63, 3.8) is 0 Å². The summed E-state index contributed by atoms with van der Waals surface area (Å²) in [5.74, 6) is -2.56. The van der Waals surface area contributed by atoms with E-state index in [0.29, 0.717) is 0 Å². The van der Waals surface area contributed by atoms with Crippen molar-refractivity contribution < 1.29 is 34.5 Å². The number of aliphatic carboxylic acids is 2. The Kier molecular flexibility index (Phi) is 4.66. The maximum absolute atomic E-state index is 10.6. The largest absolute Gasteiger partial charge is 0.477 e. The second-order valence-electron chi connectivity index (χ2n) is 3.47. The molecule has 0 saturated heterocycles. The highest BCUT2D eigenvalue weighted by atomic mass is 16.4. The number of nitrogens with zero attached hydrogens (tertiary/aromatic N) is 1. The molecular formula is C8H16NO6+. The Labute approximate surface area is 86.8 Å². The molecule has 0 spiro atoms. The SMILES string of the molecule is CC(O)[N+](CC(=O)O)(CC(=O)O)C(C)O. The average molecular weight is 222 g/mol. The molecule has 4 N–H and O–H groups in total. The van der Waals surface area contributed by atoms with E-state index < -0.39 is 42.0 Å². The molecule has 0 aliphatic heterocycles. The van der Waals surface area contributed by atoms with Crippen LogP contribution < -0.4 is 0 Å². The van der Waals surface area contributed by atoms with Gasteiger partial charge in [-0.25, -0.2) is 9.59 Å². The number of rotatable bonds is 6. The third-order valence-electron chi connectivity index (χ3n) is 2.35. The highest BCUT2D eigenvalue weighted by Crippen LogP contribution is 2.16. The Bertz CT molecular complexity index is 224. The van der Waals surface area contributed by atoms with Crippen molar-refractivity contribution in [2.45, 2.75) is 26.3 Å². The molecule has 0 amide bonds. The first-order valence-corrected chi connectivity index (χ1v) is 4.38. The van der Waals surface area contributed by atoms with Gasteiger partial charge in [-0.2, -0.15) is 0 Å². The molecular weight excluding hydrogens is 206 g/mol. The van der Waals surface area contributed by atoms with Crippen LogP contribution in [0.1, 0.15) is 13.8 Å². The zero-order valence-corrected chi connectivity index (χ0v) is 8.62. The fraction of sp³-hybridized carbons (Fsp3) is 0.750. The second-order valence-corrected chi connectivity index (χ2v) is 3.47. The van der Waals surface area contributed by atoms with Gasteiger partial charge >= 0.3 is 11.9 Å². The van der Waals surface area contributed by atoms with Crippen LogP contribution in [0.5, 0.6) is 0 Å². The Hall–Kier alpha value is -1.18. The minimum atomic E-state index is -1.28. The molecule has 0 rings (SSSR count). The van der Waals surface area contributed by atoms with Gasteiger partial charge in [0, 0.05) is 13.8 Å². The molecule has 0 aromatic carbocycles. The smallest absolute Gasteiger partial charge is 0.359 e. The average Bonchev–Trinajstić information content (AvgIpc) is 1.99. The van der Waals surface area contributed by atoms with Crippen LogP contribution in [0.3, 0.4) is 0 Å². The molecule has 2 atom stereocenters. The molecule has 0 aliphatic rings. The topological polar surface area (TPSA) is 115 Å². The summed E-state index contributed by atoms with van der Waals surface area (Å²) in [6, 6.07) is 0. The van der Waals surface area contributed by atoms with Crippen molar-refractivity contribution in [2.24, 2.45) is 0 Å². The van der Waals surface area contributed by atoms with E-state index in [4.69, 9.17) is 10.2 Å². The maximum Gasteiger partial charge on any atom is 0.359 e. The fourth-order valence-electron chi connectivity index (χ4n) is 1.40. The second kappa shape index (κ2) is 5.06. The molecule has 7 heteroatoms. The first-order chi connectivity index (χ1) is 6.72. The van der Waals surface area contributed by atoms with Crippen molar-refractivity contribution >= 4 is 11.9 Å². The molecule has 0 bridgehead atoms. The minimum Gasteiger partial charge on any atom is -0.477 e. The summed E-state index contributed by atoms with van der Waals surface area (Å²) in [7, 11) is 0. The van der Waals surface area contributed by atoms with Crippen LogP contribution in [0, 0.1) is 0 Å². The van der Waals surface area contributed by atoms with E-state index in [0.717, 1.165) is 0 Å². The van der Waals surface area contributed by atoms with Gasteiger partial charge in [0.15, 0.2) is 25.5 Å². The number of aliphatic hydroxyl groups is 2. The van der Waals surface area contributed by atoms with Crippen LogP contribution in [0.15, 0.2) is 0 Å². The van der Waals surface area contributed by atoms with E-state index in [2.05, 4.69) is 0 Å². The lowest BCUT2D eigenvalue weighted by molar-refractivity contribution is -0.994. The third kappa shape index (κ3) is 3.46. The molecule has 0 aromatic heterocycles. The monoisotopic (exact) mass is 222 g/mol. The molecule has 7 nitrogen and oxygen atoms in total. The molecule has 0 heterocycles. The van der Waals surface area contributed by atoms with Crippen molar-refractivity contribution in [2.75, 3.05) is 13.1 Å². The van der Waals surface area contributed by atoms with E-state index >= 15 is 0 Å². The zero-order chi connectivity index (χ0) is 12.2. The standard InChI is InChI=1S/C8H15NO6/c1-5(10)9(6(2)11,3-7(12)13)4-8(14)15/h5-6,10-11H,3-4H2,1-2H3,(H-,12,13,14,15)/p+1. The van der Waals surface area contributed by atoms with Gasteiger partial charge in [0.2, 0.25) is 0 Å². The molecule has 88 valence electrons. The summed E-state index contributed by atoms with van der Waals surface area (Å²) >= 11 is 0. The van der Waals surface area contributed by atoms with E-state index in [9.17, 15) is 19.8 Å². The number of aliphatic hydroxyl groups excluding tert-OH is 2.